The number of nitrogens with zero attached hydrogens (tertiary/aromatic N) is 2. The topological polar surface area (TPSA) is 111 Å². The van der Waals surface area contributed by atoms with Crippen molar-refractivity contribution < 1.29 is 23.8 Å². The number of aromatic nitrogens is 1. The summed E-state index contributed by atoms with van der Waals surface area (Å²) in [7, 11) is 0. The van der Waals surface area contributed by atoms with Crippen molar-refractivity contribution in [2.75, 3.05) is 31.8 Å². The van der Waals surface area contributed by atoms with Crippen LogP contribution in [0.1, 0.15) is 31.0 Å². The Balaban J connectivity index is 1.37. The molecule has 1 fully saturated rings. The van der Waals surface area contributed by atoms with E-state index < -0.39 is 0 Å². The van der Waals surface area contributed by atoms with Gasteiger partial charge in [-0.05, 0) is 49.6 Å². The summed E-state index contributed by atoms with van der Waals surface area (Å²) >= 11 is 1.36. The molecule has 0 saturated carbocycles. The smallest absolute Gasteiger partial charge is 0.311 e. The van der Waals surface area contributed by atoms with Crippen LogP contribution in [-0.4, -0.2) is 55.5 Å². The molecule has 1 aromatic heterocycles. The molecule has 2 N–H and O–H groups in total. The van der Waals surface area contributed by atoms with E-state index in [2.05, 4.69) is 20.8 Å². The fraction of sp³-hybridized carbons (Fsp3) is 0.429. The highest BCUT2D eigenvalue weighted by molar-refractivity contribution is 7.13. The van der Waals surface area contributed by atoms with E-state index in [0.29, 0.717) is 29.7 Å². The summed E-state index contributed by atoms with van der Waals surface area (Å²) in [6.07, 6.45) is 3.93. The fourth-order valence-electron chi connectivity index (χ4n) is 2.84. The van der Waals surface area contributed by atoms with Crippen LogP contribution in [-0.2, 0) is 25.5 Å². The van der Waals surface area contributed by atoms with Crippen LogP contribution in [0.4, 0.5) is 5.13 Å². The third kappa shape index (κ3) is 7.99. The van der Waals surface area contributed by atoms with Crippen molar-refractivity contribution in [1.29, 1.82) is 0 Å². The number of thiazole rings is 1. The van der Waals surface area contributed by atoms with Gasteiger partial charge in [0.15, 0.2) is 6.61 Å². The first-order chi connectivity index (χ1) is 15.1. The summed E-state index contributed by atoms with van der Waals surface area (Å²) in [5, 5.41) is 9.34. The first-order valence-electron chi connectivity index (χ1n) is 10.1. The van der Waals surface area contributed by atoms with Crippen LogP contribution in [0, 0.1) is 0 Å². The van der Waals surface area contributed by atoms with Gasteiger partial charge in [-0.1, -0.05) is 0 Å². The molecular formula is C21H26N4O5S. The quantitative estimate of drug-likeness (QED) is 0.310. The molecule has 0 aliphatic carbocycles. The Bertz CT molecular complexity index is 878. The Kier molecular flexibility index (Phi) is 8.80. The summed E-state index contributed by atoms with van der Waals surface area (Å²) in [5.41, 5.74) is 4.33. The van der Waals surface area contributed by atoms with Crippen LogP contribution < -0.4 is 15.5 Å². The van der Waals surface area contributed by atoms with E-state index in [1.165, 1.54) is 11.3 Å². The van der Waals surface area contributed by atoms with Crippen molar-refractivity contribution in [2.45, 2.75) is 32.3 Å². The van der Waals surface area contributed by atoms with Gasteiger partial charge in [0.25, 0.3) is 5.91 Å². The zero-order valence-corrected chi connectivity index (χ0v) is 18.2. The zero-order valence-electron chi connectivity index (χ0n) is 17.3. The van der Waals surface area contributed by atoms with E-state index in [1.807, 2.05) is 12.1 Å². The van der Waals surface area contributed by atoms with Gasteiger partial charge in [-0.3, -0.25) is 15.0 Å². The number of hydrogen-bond donors (Lipinski definition) is 2. The monoisotopic (exact) mass is 446 g/mol. The molecule has 1 atom stereocenters. The number of ether oxygens (including phenoxy) is 3. The Morgan fingerprint density at radius 2 is 2.19 bits per heavy atom. The highest BCUT2D eigenvalue weighted by Crippen LogP contribution is 2.16. The molecule has 10 heteroatoms. The van der Waals surface area contributed by atoms with E-state index in [-0.39, 0.29) is 31.0 Å². The molecule has 0 spiro atoms. The number of nitrogens with one attached hydrogen (secondary N) is 2. The van der Waals surface area contributed by atoms with Gasteiger partial charge in [-0.25, -0.2) is 4.98 Å². The van der Waals surface area contributed by atoms with Gasteiger partial charge >= 0.3 is 5.97 Å². The van der Waals surface area contributed by atoms with Gasteiger partial charge in [-0.15, -0.1) is 11.3 Å². The van der Waals surface area contributed by atoms with Crippen molar-refractivity contribution in [2.24, 2.45) is 5.10 Å². The van der Waals surface area contributed by atoms with Gasteiger partial charge in [0, 0.05) is 18.5 Å². The second-order valence-electron chi connectivity index (χ2n) is 6.79. The molecule has 1 aliphatic rings. The summed E-state index contributed by atoms with van der Waals surface area (Å²) < 4.78 is 15.9. The molecule has 2 heterocycles. The number of benzene rings is 1. The van der Waals surface area contributed by atoms with Crippen LogP contribution in [0.2, 0.25) is 0 Å². The Hall–Kier alpha value is -2.98. The second kappa shape index (κ2) is 12.0. The third-order valence-electron chi connectivity index (χ3n) is 4.36. The minimum Gasteiger partial charge on any atom is -0.484 e. The molecule has 2 aromatic rings. The molecule has 166 valence electrons. The van der Waals surface area contributed by atoms with E-state index in [1.54, 1.807) is 30.7 Å². The van der Waals surface area contributed by atoms with Gasteiger partial charge in [0.05, 0.1) is 31.0 Å². The van der Waals surface area contributed by atoms with Crippen molar-refractivity contribution in [3.63, 3.8) is 0 Å². The summed E-state index contributed by atoms with van der Waals surface area (Å²) in [6, 6.07) is 7.21. The molecule has 0 radical (unpaired) electrons. The van der Waals surface area contributed by atoms with Crippen molar-refractivity contribution in [3.05, 3.63) is 40.9 Å². The highest BCUT2D eigenvalue weighted by atomic mass is 32.1. The van der Waals surface area contributed by atoms with Crippen LogP contribution in [0.3, 0.4) is 0 Å². The van der Waals surface area contributed by atoms with Gasteiger partial charge in [0.1, 0.15) is 5.75 Å². The molecule has 9 nitrogen and oxygen atoms in total. The standard InChI is InChI=1S/C21H26N4O5S/c1-2-28-20(27)10-16-14-31-21(24-16)25-23-11-15-5-7-17(8-6-15)30-13-19(26)22-12-18-4-3-9-29-18/h5-8,11,14,18H,2-4,9-10,12-13H2,1H3,(H,22,26)(H,24,25). The normalized spacial score (nSPS) is 15.7. The fourth-order valence-corrected chi connectivity index (χ4v) is 3.50. The van der Waals surface area contributed by atoms with Gasteiger partial charge < -0.3 is 19.5 Å². The molecule has 31 heavy (non-hydrogen) atoms. The number of carbonyl (C=O) groups excluding carboxylic acids is 2. The minimum absolute atomic E-state index is 0.0418. The molecule has 1 aromatic carbocycles. The number of carbonyl (C=O) groups is 2. The van der Waals surface area contributed by atoms with Crippen LogP contribution in [0.5, 0.6) is 5.75 Å². The maximum absolute atomic E-state index is 11.9. The highest BCUT2D eigenvalue weighted by Gasteiger charge is 2.16. The largest absolute Gasteiger partial charge is 0.484 e. The number of rotatable bonds is 11. The molecule has 1 saturated heterocycles. The predicted octanol–water partition coefficient (Wildman–Crippen LogP) is 2.37. The second-order valence-corrected chi connectivity index (χ2v) is 7.65. The number of hydrogen-bond acceptors (Lipinski definition) is 9. The van der Waals surface area contributed by atoms with Crippen molar-refractivity contribution in [1.82, 2.24) is 10.3 Å². The number of esters is 1. The van der Waals surface area contributed by atoms with E-state index in [0.717, 1.165) is 25.0 Å². The molecule has 1 unspecified atom stereocenters. The van der Waals surface area contributed by atoms with Crippen molar-refractivity contribution >= 4 is 34.6 Å². The first kappa shape index (κ1) is 22.7. The number of amides is 1. The average molecular weight is 447 g/mol. The summed E-state index contributed by atoms with van der Waals surface area (Å²) in [5.74, 6) is 0.127. The number of anilines is 1. The van der Waals surface area contributed by atoms with E-state index in [9.17, 15) is 9.59 Å². The average Bonchev–Trinajstić information content (AvgIpc) is 3.44. The van der Waals surface area contributed by atoms with Gasteiger partial charge in [-0.2, -0.15) is 5.10 Å². The molecule has 3 rings (SSSR count). The Morgan fingerprint density at radius 1 is 1.35 bits per heavy atom. The minimum atomic E-state index is -0.300. The maximum atomic E-state index is 11.9. The SMILES string of the molecule is CCOC(=O)Cc1csc(NN=Cc2ccc(OCC(=O)NCC3CCCO3)cc2)n1. The van der Waals surface area contributed by atoms with Crippen LogP contribution in [0.25, 0.3) is 0 Å². The van der Waals surface area contributed by atoms with Crippen LogP contribution >= 0.6 is 11.3 Å². The molecule has 1 aliphatic heterocycles. The predicted molar refractivity (Wildman–Crippen MR) is 118 cm³/mol. The third-order valence-corrected chi connectivity index (χ3v) is 5.15. The lowest BCUT2D eigenvalue weighted by Gasteiger charge is -2.11. The lowest BCUT2D eigenvalue weighted by Crippen LogP contribution is -2.35. The van der Waals surface area contributed by atoms with E-state index in [4.69, 9.17) is 14.2 Å². The maximum Gasteiger partial charge on any atom is 0.311 e. The van der Waals surface area contributed by atoms with Gasteiger partial charge in [0.2, 0.25) is 5.13 Å². The Labute approximate surface area is 184 Å². The zero-order chi connectivity index (χ0) is 21.9. The lowest BCUT2D eigenvalue weighted by atomic mass is 10.2. The number of hydrazone groups is 1. The first-order valence-corrected chi connectivity index (χ1v) is 11.0. The van der Waals surface area contributed by atoms with Crippen molar-refractivity contribution in [3.8, 4) is 5.75 Å². The van der Waals surface area contributed by atoms with Crippen LogP contribution in [0.15, 0.2) is 34.7 Å². The molecule has 0 bridgehead atoms. The van der Waals surface area contributed by atoms with E-state index >= 15 is 0 Å². The Morgan fingerprint density at radius 3 is 2.94 bits per heavy atom. The summed E-state index contributed by atoms with van der Waals surface area (Å²) in [6.45, 7) is 3.37. The molecule has 1 amide bonds. The summed E-state index contributed by atoms with van der Waals surface area (Å²) in [4.78, 5) is 27.6. The molecular weight excluding hydrogens is 420 g/mol. The lowest BCUT2D eigenvalue weighted by molar-refractivity contribution is -0.142.